The molecule has 2 heterocycles. The fraction of sp³-hybridized carbons (Fsp3) is 0.389. The summed E-state index contributed by atoms with van der Waals surface area (Å²) in [7, 11) is -16.8. The number of hydrogen-bond acceptors (Lipinski definition) is 11. The fourth-order valence-electron chi connectivity index (χ4n) is 2.88. The Kier molecular flexibility index (Phi) is 11.5. The molecule has 0 aliphatic carbocycles. The molecule has 1 aliphatic heterocycles. The van der Waals surface area contributed by atoms with E-state index in [4.69, 9.17) is 19.4 Å². The summed E-state index contributed by atoms with van der Waals surface area (Å²) in [5.74, 6) is 4.58. The van der Waals surface area contributed by atoms with Gasteiger partial charge in [0.25, 0.3) is 5.56 Å². The minimum absolute atomic E-state index is 0.126. The van der Waals surface area contributed by atoms with Crippen molar-refractivity contribution < 1.29 is 61.1 Å². The van der Waals surface area contributed by atoms with Gasteiger partial charge in [-0.15, -0.1) is 0 Å². The van der Waals surface area contributed by atoms with Crippen LogP contribution in [0.15, 0.2) is 40.1 Å². The van der Waals surface area contributed by atoms with Crippen LogP contribution in [0, 0.1) is 11.8 Å². The van der Waals surface area contributed by atoms with E-state index in [9.17, 15) is 38.1 Å². The Morgan fingerprint density at radius 2 is 1.90 bits per heavy atom. The van der Waals surface area contributed by atoms with Crippen LogP contribution in [0.25, 0.3) is 0 Å². The maximum absolute atomic E-state index is 12.3. The highest BCUT2D eigenvalue weighted by Crippen LogP contribution is 2.66. The van der Waals surface area contributed by atoms with Gasteiger partial charge in [-0.1, -0.05) is 30.1 Å². The van der Waals surface area contributed by atoms with Crippen molar-refractivity contribution in [1.82, 2.24) is 14.9 Å². The molecule has 7 N–H and O–H groups in total. The molecule has 2 unspecified atom stereocenters. The number of carbonyl (C=O) groups excluding carboxylic acids is 1. The smallest absolute Gasteiger partial charge is 0.390 e. The number of carbonyl (C=O) groups is 1. The predicted molar refractivity (Wildman–Crippen MR) is 130 cm³/mol. The number of rotatable bonds is 11. The van der Waals surface area contributed by atoms with Crippen molar-refractivity contribution in [1.29, 1.82) is 0 Å². The van der Waals surface area contributed by atoms with E-state index in [1.54, 1.807) is 19.1 Å². The van der Waals surface area contributed by atoms with Crippen molar-refractivity contribution in [3.63, 3.8) is 0 Å². The monoisotopic (exact) mass is 615 g/mol. The maximum Gasteiger partial charge on any atom is 0.490 e. The first-order valence-electron chi connectivity index (χ1n) is 10.6. The minimum atomic E-state index is -5.74. The van der Waals surface area contributed by atoms with E-state index in [1.165, 1.54) is 12.2 Å². The van der Waals surface area contributed by atoms with Crippen molar-refractivity contribution in [3.8, 4) is 11.8 Å². The van der Waals surface area contributed by atoms with E-state index < -0.39 is 65.7 Å². The average Bonchev–Trinajstić information content (AvgIpc) is 3.14. The van der Waals surface area contributed by atoms with Gasteiger partial charge >= 0.3 is 29.2 Å². The summed E-state index contributed by atoms with van der Waals surface area (Å²) >= 11 is 0. The number of aliphatic hydroxyl groups excluding tert-OH is 1. The molecule has 39 heavy (non-hydrogen) atoms. The van der Waals surface area contributed by atoms with Crippen LogP contribution in [0.1, 0.15) is 25.1 Å². The van der Waals surface area contributed by atoms with Crippen LogP contribution in [-0.2, 0) is 36.4 Å². The molecule has 1 fully saturated rings. The van der Waals surface area contributed by atoms with Crippen LogP contribution >= 0.6 is 23.5 Å². The number of ether oxygens (including phenoxy) is 1. The molecule has 1 saturated heterocycles. The van der Waals surface area contributed by atoms with Crippen LogP contribution in [0.4, 0.5) is 0 Å². The summed E-state index contributed by atoms with van der Waals surface area (Å²) in [4.78, 5) is 73.8. The van der Waals surface area contributed by atoms with Gasteiger partial charge in [0.05, 0.1) is 19.3 Å². The lowest BCUT2D eigenvalue weighted by Crippen LogP contribution is -2.33. The number of phosphoric acid groups is 3. The highest BCUT2D eigenvalue weighted by Gasteiger charge is 2.43. The van der Waals surface area contributed by atoms with Gasteiger partial charge in [-0.05, 0) is 6.92 Å². The van der Waals surface area contributed by atoms with Crippen LogP contribution in [-0.4, -0.2) is 65.5 Å². The zero-order valence-corrected chi connectivity index (χ0v) is 22.5. The Bertz CT molecular complexity index is 1430. The number of aliphatic hydroxyl groups is 1. The number of phosphoric ester groups is 1. The number of aromatic amines is 1. The highest BCUT2D eigenvalue weighted by molar-refractivity contribution is 7.66. The van der Waals surface area contributed by atoms with Gasteiger partial charge in [-0.25, -0.2) is 18.5 Å². The van der Waals surface area contributed by atoms with Gasteiger partial charge in [0.1, 0.15) is 17.9 Å². The Labute approximate surface area is 219 Å². The van der Waals surface area contributed by atoms with E-state index in [1.807, 2.05) is 4.98 Å². The lowest BCUT2D eigenvalue weighted by Gasteiger charge is -2.19. The van der Waals surface area contributed by atoms with Crippen molar-refractivity contribution in [2.75, 3.05) is 13.2 Å². The summed E-state index contributed by atoms with van der Waals surface area (Å²) in [5.41, 5.74) is -1.98. The van der Waals surface area contributed by atoms with E-state index >= 15 is 0 Å². The molecular weight excluding hydrogens is 591 g/mol. The topological polar surface area (TPSA) is 273 Å². The van der Waals surface area contributed by atoms with Gasteiger partial charge in [0, 0.05) is 18.7 Å². The molecule has 18 nitrogen and oxygen atoms in total. The molecule has 0 spiro atoms. The first kappa shape index (κ1) is 32.7. The number of allylic oxidation sites excluding steroid dienone is 3. The normalized spacial score (nSPS) is 22.8. The third-order valence-corrected chi connectivity index (χ3v) is 8.23. The lowest BCUT2D eigenvalue weighted by atomic mass is 10.2. The van der Waals surface area contributed by atoms with Crippen LogP contribution < -0.4 is 16.6 Å². The van der Waals surface area contributed by atoms with E-state index in [0.717, 1.165) is 10.8 Å². The Morgan fingerprint density at radius 3 is 2.54 bits per heavy atom. The van der Waals surface area contributed by atoms with Crippen molar-refractivity contribution in [2.45, 2.75) is 31.8 Å². The largest absolute Gasteiger partial charge is 0.490 e. The van der Waals surface area contributed by atoms with Crippen molar-refractivity contribution in [3.05, 3.63) is 56.9 Å². The number of amides is 1. The Balaban J connectivity index is 2.06. The van der Waals surface area contributed by atoms with Gasteiger partial charge in [-0.2, -0.15) is 8.62 Å². The molecule has 21 heteroatoms. The highest BCUT2D eigenvalue weighted by atomic mass is 31.3. The minimum Gasteiger partial charge on any atom is -0.390 e. The summed E-state index contributed by atoms with van der Waals surface area (Å²) < 4.78 is 51.8. The molecular formula is C18H24N3O15P3. The second-order valence-corrected chi connectivity index (χ2v) is 11.9. The van der Waals surface area contributed by atoms with Gasteiger partial charge in [-0.3, -0.25) is 23.7 Å². The van der Waals surface area contributed by atoms with Crippen molar-refractivity contribution in [2.24, 2.45) is 0 Å². The molecule has 1 aromatic rings. The molecule has 0 bridgehead atoms. The molecule has 2 rings (SSSR count). The molecule has 1 aromatic heterocycles. The average molecular weight is 615 g/mol. The van der Waals surface area contributed by atoms with Crippen LogP contribution in [0.2, 0.25) is 0 Å². The zero-order chi connectivity index (χ0) is 29.4. The van der Waals surface area contributed by atoms with Crippen LogP contribution in [0.3, 0.4) is 0 Å². The molecule has 5 atom stereocenters. The fourth-order valence-corrected chi connectivity index (χ4v) is 5.91. The first-order valence-corrected chi connectivity index (χ1v) is 15.1. The maximum atomic E-state index is 12.3. The summed E-state index contributed by atoms with van der Waals surface area (Å²) in [6.45, 7) is 0.695. The Morgan fingerprint density at radius 1 is 1.21 bits per heavy atom. The summed E-state index contributed by atoms with van der Waals surface area (Å²) in [6, 6.07) is 0. The molecule has 0 radical (unpaired) electrons. The number of nitrogens with one attached hydrogen (secondary N) is 2. The van der Waals surface area contributed by atoms with Gasteiger partial charge < -0.3 is 34.7 Å². The summed E-state index contributed by atoms with van der Waals surface area (Å²) in [5, 5.41) is 12.7. The number of hydrogen-bond donors (Lipinski definition) is 7. The van der Waals surface area contributed by atoms with Gasteiger partial charge in [0.15, 0.2) is 0 Å². The zero-order valence-electron chi connectivity index (χ0n) is 19.8. The van der Waals surface area contributed by atoms with Crippen LogP contribution in [0.5, 0.6) is 0 Å². The second kappa shape index (κ2) is 13.7. The molecule has 1 amide bonds. The number of nitrogens with zero attached hydrogens (tertiary/aromatic N) is 1. The van der Waals surface area contributed by atoms with E-state index in [0.29, 0.717) is 0 Å². The lowest BCUT2D eigenvalue weighted by molar-refractivity contribution is -0.116. The number of aromatic nitrogens is 2. The predicted octanol–water partition coefficient (Wildman–Crippen LogP) is -0.872. The van der Waals surface area contributed by atoms with E-state index in [-0.39, 0.29) is 18.5 Å². The molecule has 0 aromatic carbocycles. The van der Waals surface area contributed by atoms with Gasteiger partial charge in [0.2, 0.25) is 5.91 Å². The van der Waals surface area contributed by atoms with E-state index in [2.05, 4.69) is 30.3 Å². The quantitative estimate of drug-likeness (QED) is 0.0690. The Hall–Kier alpha value is -2.48. The summed E-state index contributed by atoms with van der Waals surface area (Å²) in [6.07, 6.45) is 2.84. The standard InChI is InChI=1S/C18H24N3O15P3/c1-2-3-4-7-15(23)19-8-5-6-12-10-21(18(25)20-17(12)24)16-9-13(22)14(34-16)11-33-38(29,30)36-39(31,32)35-37(26,27)28/h2-4,7,10,13-14,16,22H,8-9,11H2,1H3,(H,19,23)(H,29,30)(H,31,32)(H,20,24,25)(H2,26,27,28)/b3-2+,7-4+/t13-,14+,16+/m0/s1. The second-order valence-electron chi connectivity index (χ2n) is 7.43. The third kappa shape index (κ3) is 11.3. The van der Waals surface area contributed by atoms with Crippen molar-refractivity contribution >= 4 is 29.4 Å². The molecule has 216 valence electrons. The molecule has 0 saturated carbocycles. The SMILES string of the molecule is C/C=C/C=C/C(=O)NCC#Cc1cn([C@H]2C[C@H](O)[C@@H](COP(=O)(O)OP(=O)(O)OP(=O)(O)O)O2)c(=O)[nH]c1=O. The third-order valence-electron chi connectivity index (χ3n) is 4.43. The molecule has 1 aliphatic rings. The first-order chi connectivity index (χ1) is 18.0. The number of H-pyrrole nitrogens is 1.